The van der Waals surface area contributed by atoms with Crippen LogP contribution in [0.15, 0.2) is 18.3 Å². The summed E-state index contributed by atoms with van der Waals surface area (Å²) in [5.74, 6) is 1.60. The zero-order chi connectivity index (χ0) is 14.7. The summed E-state index contributed by atoms with van der Waals surface area (Å²) in [6, 6.07) is 3.88. The van der Waals surface area contributed by atoms with E-state index in [1.807, 2.05) is 23.2 Å². The van der Waals surface area contributed by atoms with Gasteiger partial charge in [0.15, 0.2) is 0 Å². The number of hydrogen-bond acceptors (Lipinski definition) is 4. The lowest BCUT2D eigenvalue weighted by molar-refractivity contribution is -0.137. The number of anilines is 1. The van der Waals surface area contributed by atoms with Crippen LogP contribution in [0.4, 0.5) is 5.82 Å². The molecule has 1 amide bonds. The number of aromatic nitrogens is 1. The molecular formula is C16H23N3O2. The molecule has 0 aliphatic carbocycles. The Kier molecular flexibility index (Phi) is 4.39. The fraction of sp³-hybridized carbons (Fsp3) is 0.625. The molecule has 1 unspecified atom stereocenters. The lowest BCUT2D eigenvalue weighted by Crippen LogP contribution is -2.37. The SMILES string of the molecule is Nc1ccc(CC2CCN(C(=O)C3CCOCC3)C2)cn1. The lowest BCUT2D eigenvalue weighted by atomic mass is 9.98. The lowest BCUT2D eigenvalue weighted by Gasteiger charge is -2.26. The van der Waals surface area contributed by atoms with Crippen LogP contribution in [0.25, 0.3) is 0 Å². The third-order valence-corrected chi connectivity index (χ3v) is 4.54. The molecule has 3 rings (SSSR count). The minimum absolute atomic E-state index is 0.177. The van der Waals surface area contributed by atoms with Gasteiger partial charge in [-0.05, 0) is 43.2 Å². The van der Waals surface area contributed by atoms with Crippen molar-refractivity contribution in [2.24, 2.45) is 11.8 Å². The zero-order valence-corrected chi connectivity index (χ0v) is 12.3. The molecule has 2 aliphatic rings. The number of nitrogens with two attached hydrogens (primary N) is 1. The van der Waals surface area contributed by atoms with Gasteiger partial charge in [-0.2, -0.15) is 0 Å². The summed E-state index contributed by atoms with van der Waals surface area (Å²) in [4.78, 5) is 18.7. The molecule has 5 heteroatoms. The van der Waals surface area contributed by atoms with E-state index in [-0.39, 0.29) is 5.92 Å². The van der Waals surface area contributed by atoms with Gasteiger partial charge < -0.3 is 15.4 Å². The van der Waals surface area contributed by atoms with Gasteiger partial charge in [-0.25, -0.2) is 4.98 Å². The van der Waals surface area contributed by atoms with Crippen LogP contribution in [0.1, 0.15) is 24.8 Å². The number of amides is 1. The molecule has 5 nitrogen and oxygen atoms in total. The molecule has 21 heavy (non-hydrogen) atoms. The highest BCUT2D eigenvalue weighted by molar-refractivity contribution is 5.79. The van der Waals surface area contributed by atoms with E-state index in [9.17, 15) is 4.79 Å². The fourth-order valence-corrected chi connectivity index (χ4v) is 3.29. The number of rotatable bonds is 3. The Hall–Kier alpha value is -1.62. The molecule has 0 spiro atoms. The average molecular weight is 289 g/mol. The third-order valence-electron chi connectivity index (χ3n) is 4.54. The topological polar surface area (TPSA) is 68.5 Å². The molecule has 2 saturated heterocycles. The highest BCUT2D eigenvalue weighted by Gasteiger charge is 2.31. The maximum Gasteiger partial charge on any atom is 0.225 e. The van der Waals surface area contributed by atoms with Crippen molar-refractivity contribution in [1.29, 1.82) is 0 Å². The van der Waals surface area contributed by atoms with E-state index in [0.717, 1.165) is 52.0 Å². The quantitative estimate of drug-likeness (QED) is 0.915. The van der Waals surface area contributed by atoms with Crippen LogP contribution in [0, 0.1) is 11.8 Å². The standard InChI is InChI=1S/C16H23N3O2/c17-15-2-1-12(10-18-15)9-13-3-6-19(11-13)16(20)14-4-7-21-8-5-14/h1-2,10,13-14H,3-9,11H2,(H2,17,18). The largest absolute Gasteiger partial charge is 0.384 e. The molecule has 0 radical (unpaired) electrons. The third kappa shape index (κ3) is 3.53. The first-order valence-electron chi connectivity index (χ1n) is 7.79. The first kappa shape index (κ1) is 14.3. The number of carbonyl (C=O) groups excluding carboxylic acids is 1. The normalized spacial score (nSPS) is 23.4. The van der Waals surface area contributed by atoms with E-state index in [2.05, 4.69) is 4.98 Å². The van der Waals surface area contributed by atoms with E-state index < -0.39 is 0 Å². The maximum absolute atomic E-state index is 12.5. The highest BCUT2D eigenvalue weighted by atomic mass is 16.5. The Morgan fingerprint density at radius 1 is 1.33 bits per heavy atom. The van der Waals surface area contributed by atoms with Crippen molar-refractivity contribution in [3.8, 4) is 0 Å². The van der Waals surface area contributed by atoms with Crippen LogP contribution >= 0.6 is 0 Å². The van der Waals surface area contributed by atoms with Gasteiger partial charge in [-0.15, -0.1) is 0 Å². The number of nitrogen functional groups attached to an aromatic ring is 1. The maximum atomic E-state index is 12.5. The summed E-state index contributed by atoms with van der Waals surface area (Å²) in [7, 11) is 0. The Balaban J connectivity index is 1.52. The zero-order valence-electron chi connectivity index (χ0n) is 12.3. The summed E-state index contributed by atoms with van der Waals surface area (Å²) in [5, 5.41) is 0. The van der Waals surface area contributed by atoms with Gasteiger partial charge >= 0.3 is 0 Å². The smallest absolute Gasteiger partial charge is 0.225 e. The molecule has 3 heterocycles. The average Bonchev–Trinajstić information content (AvgIpc) is 2.98. The monoisotopic (exact) mass is 289 g/mol. The molecule has 2 fully saturated rings. The molecule has 0 saturated carbocycles. The minimum Gasteiger partial charge on any atom is -0.384 e. The van der Waals surface area contributed by atoms with Crippen LogP contribution in [0.2, 0.25) is 0 Å². The molecule has 1 aromatic heterocycles. The molecule has 2 N–H and O–H groups in total. The van der Waals surface area contributed by atoms with Crippen molar-refractivity contribution in [3.63, 3.8) is 0 Å². The number of likely N-dealkylation sites (tertiary alicyclic amines) is 1. The van der Waals surface area contributed by atoms with Crippen molar-refractivity contribution >= 4 is 11.7 Å². The first-order chi connectivity index (χ1) is 10.2. The Morgan fingerprint density at radius 2 is 2.14 bits per heavy atom. The van der Waals surface area contributed by atoms with Gasteiger partial charge in [0.05, 0.1) is 0 Å². The Labute approximate surface area is 125 Å². The molecular weight excluding hydrogens is 266 g/mol. The van der Waals surface area contributed by atoms with Gasteiger partial charge in [-0.3, -0.25) is 4.79 Å². The first-order valence-corrected chi connectivity index (χ1v) is 7.79. The molecule has 114 valence electrons. The molecule has 2 aliphatic heterocycles. The summed E-state index contributed by atoms with van der Waals surface area (Å²) < 4.78 is 5.33. The van der Waals surface area contributed by atoms with E-state index in [4.69, 9.17) is 10.5 Å². The van der Waals surface area contributed by atoms with Crippen LogP contribution in [-0.2, 0) is 16.0 Å². The highest BCUT2D eigenvalue weighted by Crippen LogP contribution is 2.25. The molecule has 1 aromatic rings. The van der Waals surface area contributed by atoms with Gasteiger partial charge in [0.2, 0.25) is 5.91 Å². The summed E-state index contributed by atoms with van der Waals surface area (Å²) in [5.41, 5.74) is 6.81. The number of ether oxygens (including phenoxy) is 1. The van der Waals surface area contributed by atoms with Gasteiger partial charge in [-0.1, -0.05) is 6.07 Å². The Morgan fingerprint density at radius 3 is 2.86 bits per heavy atom. The summed E-state index contributed by atoms with van der Waals surface area (Å²) >= 11 is 0. The van der Waals surface area contributed by atoms with Crippen molar-refractivity contribution < 1.29 is 9.53 Å². The second kappa shape index (κ2) is 6.43. The van der Waals surface area contributed by atoms with Crippen LogP contribution in [0.3, 0.4) is 0 Å². The number of pyridine rings is 1. The van der Waals surface area contributed by atoms with Crippen molar-refractivity contribution in [2.45, 2.75) is 25.7 Å². The molecule has 1 atom stereocenters. The van der Waals surface area contributed by atoms with Crippen LogP contribution in [0.5, 0.6) is 0 Å². The summed E-state index contributed by atoms with van der Waals surface area (Å²) in [6.45, 7) is 3.22. The van der Waals surface area contributed by atoms with Gasteiger partial charge in [0.25, 0.3) is 0 Å². The van der Waals surface area contributed by atoms with Crippen molar-refractivity contribution in [3.05, 3.63) is 23.9 Å². The van der Waals surface area contributed by atoms with E-state index >= 15 is 0 Å². The predicted molar refractivity (Wildman–Crippen MR) is 80.6 cm³/mol. The summed E-state index contributed by atoms with van der Waals surface area (Å²) in [6.07, 6.45) is 5.66. The minimum atomic E-state index is 0.177. The molecule has 0 aromatic carbocycles. The van der Waals surface area contributed by atoms with Crippen molar-refractivity contribution in [2.75, 3.05) is 32.0 Å². The predicted octanol–water partition coefficient (Wildman–Crippen LogP) is 1.48. The second-order valence-corrected chi connectivity index (χ2v) is 6.12. The molecule has 0 bridgehead atoms. The number of hydrogen-bond donors (Lipinski definition) is 1. The number of nitrogens with zero attached hydrogens (tertiary/aromatic N) is 2. The van der Waals surface area contributed by atoms with Crippen LogP contribution < -0.4 is 5.73 Å². The van der Waals surface area contributed by atoms with Crippen LogP contribution in [-0.4, -0.2) is 42.1 Å². The fourth-order valence-electron chi connectivity index (χ4n) is 3.29. The Bertz CT molecular complexity index is 483. The second-order valence-electron chi connectivity index (χ2n) is 6.12. The van der Waals surface area contributed by atoms with Crippen molar-refractivity contribution in [1.82, 2.24) is 9.88 Å². The van der Waals surface area contributed by atoms with E-state index in [1.165, 1.54) is 5.56 Å². The van der Waals surface area contributed by atoms with E-state index in [1.54, 1.807) is 0 Å². The van der Waals surface area contributed by atoms with Gasteiger partial charge in [0, 0.05) is 38.4 Å². The number of carbonyl (C=O) groups is 1. The van der Waals surface area contributed by atoms with Gasteiger partial charge in [0.1, 0.15) is 5.82 Å². The van der Waals surface area contributed by atoms with E-state index in [0.29, 0.717) is 17.6 Å².